The van der Waals surface area contributed by atoms with E-state index in [1.165, 1.54) is 5.56 Å². The Hall–Kier alpha value is -2.55. The van der Waals surface area contributed by atoms with Crippen molar-refractivity contribution in [3.05, 3.63) is 76.2 Å². The lowest BCUT2D eigenvalue weighted by Crippen LogP contribution is -2.20. The Labute approximate surface area is 155 Å². The monoisotopic (exact) mass is 349 g/mol. The van der Waals surface area contributed by atoms with E-state index in [2.05, 4.69) is 45.0 Å². The molecule has 0 radical (unpaired) electrons. The Bertz CT molecular complexity index is 960. The normalized spacial score (nSPS) is 11.9. The molecular weight excluding hydrogens is 322 g/mol. The summed E-state index contributed by atoms with van der Waals surface area (Å²) in [7, 11) is 0. The van der Waals surface area contributed by atoms with Crippen LogP contribution in [0.25, 0.3) is 10.8 Å². The second-order valence-electron chi connectivity index (χ2n) is 8.11. The van der Waals surface area contributed by atoms with Crippen molar-refractivity contribution in [1.82, 2.24) is 4.57 Å². The van der Waals surface area contributed by atoms with Crippen molar-refractivity contribution in [2.24, 2.45) is 0 Å². The van der Waals surface area contributed by atoms with Crippen molar-refractivity contribution in [2.45, 2.75) is 52.7 Å². The number of nitrogens with zero attached hydrogens (tertiary/aromatic N) is 1. The molecule has 0 fully saturated rings. The summed E-state index contributed by atoms with van der Waals surface area (Å²) in [6, 6.07) is 16.1. The molecule has 0 spiro atoms. The summed E-state index contributed by atoms with van der Waals surface area (Å²) < 4.78 is 7.48. The van der Waals surface area contributed by atoms with E-state index in [1.54, 1.807) is 4.57 Å². The molecule has 0 saturated carbocycles. The molecule has 26 heavy (non-hydrogen) atoms. The topological polar surface area (TPSA) is 31.2 Å². The van der Waals surface area contributed by atoms with Gasteiger partial charge in [0.25, 0.3) is 5.56 Å². The van der Waals surface area contributed by atoms with Gasteiger partial charge < -0.3 is 9.30 Å². The summed E-state index contributed by atoms with van der Waals surface area (Å²) in [4.78, 5) is 12.8. The first-order valence-corrected chi connectivity index (χ1v) is 9.13. The Morgan fingerprint density at radius 1 is 1.00 bits per heavy atom. The third-order valence-corrected chi connectivity index (χ3v) is 4.49. The summed E-state index contributed by atoms with van der Waals surface area (Å²) >= 11 is 0. The van der Waals surface area contributed by atoms with Crippen LogP contribution in [0.3, 0.4) is 0 Å². The Morgan fingerprint density at radius 2 is 1.69 bits per heavy atom. The fourth-order valence-corrected chi connectivity index (χ4v) is 3.04. The molecule has 0 amide bonds. The third kappa shape index (κ3) is 3.98. The molecule has 0 bridgehead atoms. The number of hydrogen-bond acceptors (Lipinski definition) is 2. The van der Waals surface area contributed by atoms with E-state index in [9.17, 15) is 4.79 Å². The average Bonchev–Trinajstić information content (AvgIpc) is 2.56. The molecule has 0 unspecified atom stereocenters. The van der Waals surface area contributed by atoms with Crippen molar-refractivity contribution < 1.29 is 4.74 Å². The molecule has 2 aromatic carbocycles. The SMILES string of the molecule is CC(C)Oc1ccc2c(=O)n(Cc3ccc(C(C)(C)C)cc3)ccc2c1. The van der Waals surface area contributed by atoms with Gasteiger partial charge in [0, 0.05) is 11.6 Å². The highest BCUT2D eigenvalue weighted by Crippen LogP contribution is 2.23. The van der Waals surface area contributed by atoms with E-state index in [-0.39, 0.29) is 17.1 Å². The molecule has 3 heteroatoms. The van der Waals surface area contributed by atoms with Gasteiger partial charge in [-0.15, -0.1) is 0 Å². The number of aromatic nitrogens is 1. The minimum absolute atomic E-state index is 0.0264. The van der Waals surface area contributed by atoms with Gasteiger partial charge in [0.1, 0.15) is 5.75 Å². The summed E-state index contributed by atoms with van der Waals surface area (Å²) in [6.45, 7) is 11.2. The fraction of sp³-hybridized carbons (Fsp3) is 0.348. The highest BCUT2D eigenvalue weighted by atomic mass is 16.5. The van der Waals surface area contributed by atoms with Gasteiger partial charge in [-0.2, -0.15) is 0 Å². The van der Waals surface area contributed by atoms with Gasteiger partial charge in [0.05, 0.1) is 12.6 Å². The third-order valence-electron chi connectivity index (χ3n) is 4.49. The molecule has 3 rings (SSSR count). The van der Waals surface area contributed by atoms with Crippen molar-refractivity contribution in [2.75, 3.05) is 0 Å². The predicted octanol–water partition coefficient (Wildman–Crippen LogP) is 5.13. The minimum atomic E-state index is 0.0264. The summed E-state index contributed by atoms with van der Waals surface area (Å²) in [5, 5.41) is 1.63. The maximum atomic E-state index is 12.8. The first kappa shape index (κ1) is 18.2. The fourth-order valence-electron chi connectivity index (χ4n) is 3.04. The van der Waals surface area contributed by atoms with E-state index < -0.39 is 0 Å². The number of ether oxygens (including phenoxy) is 1. The molecule has 0 saturated heterocycles. The van der Waals surface area contributed by atoms with Gasteiger partial charge >= 0.3 is 0 Å². The van der Waals surface area contributed by atoms with Gasteiger partial charge in [0.15, 0.2) is 0 Å². The van der Waals surface area contributed by atoms with Gasteiger partial charge in [-0.25, -0.2) is 0 Å². The summed E-state index contributed by atoms with van der Waals surface area (Å²) in [6.07, 6.45) is 1.98. The zero-order valence-electron chi connectivity index (χ0n) is 16.2. The van der Waals surface area contributed by atoms with E-state index in [4.69, 9.17) is 4.74 Å². The lowest BCUT2D eigenvalue weighted by Gasteiger charge is -2.19. The highest BCUT2D eigenvalue weighted by molar-refractivity contribution is 5.82. The molecule has 1 aromatic heterocycles. The van der Waals surface area contributed by atoms with E-state index in [0.29, 0.717) is 6.54 Å². The van der Waals surface area contributed by atoms with Crippen LogP contribution >= 0.6 is 0 Å². The summed E-state index contributed by atoms with van der Waals surface area (Å²) in [5.41, 5.74) is 2.58. The van der Waals surface area contributed by atoms with Gasteiger partial charge in [-0.3, -0.25) is 4.79 Å². The average molecular weight is 349 g/mol. The van der Waals surface area contributed by atoms with Crippen LogP contribution in [-0.4, -0.2) is 10.7 Å². The lowest BCUT2D eigenvalue weighted by atomic mass is 9.87. The summed E-state index contributed by atoms with van der Waals surface area (Å²) in [5.74, 6) is 0.794. The highest BCUT2D eigenvalue weighted by Gasteiger charge is 2.13. The largest absolute Gasteiger partial charge is 0.491 e. The van der Waals surface area contributed by atoms with Crippen LogP contribution in [0.4, 0.5) is 0 Å². The van der Waals surface area contributed by atoms with Crippen LogP contribution in [0, 0.1) is 0 Å². The van der Waals surface area contributed by atoms with E-state index >= 15 is 0 Å². The molecule has 0 N–H and O–H groups in total. The Kier molecular flexibility index (Phi) is 4.90. The van der Waals surface area contributed by atoms with Crippen LogP contribution in [-0.2, 0) is 12.0 Å². The Morgan fingerprint density at radius 3 is 2.31 bits per heavy atom. The first-order valence-electron chi connectivity index (χ1n) is 9.13. The molecule has 3 aromatic rings. The van der Waals surface area contributed by atoms with Crippen LogP contribution in [0.1, 0.15) is 45.7 Å². The standard InChI is InChI=1S/C23H27NO2/c1-16(2)26-20-10-11-21-18(14-20)12-13-24(22(21)25)15-17-6-8-19(9-7-17)23(3,4)5/h6-14,16H,15H2,1-5H3. The zero-order valence-corrected chi connectivity index (χ0v) is 16.2. The van der Waals surface area contributed by atoms with Gasteiger partial charge in [-0.1, -0.05) is 45.0 Å². The lowest BCUT2D eigenvalue weighted by molar-refractivity contribution is 0.243. The number of fused-ring (bicyclic) bond motifs is 1. The first-order chi connectivity index (χ1) is 12.2. The minimum Gasteiger partial charge on any atom is -0.491 e. The van der Waals surface area contributed by atoms with Crippen molar-refractivity contribution in [3.63, 3.8) is 0 Å². The molecule has 3 nitrogen and oxygen atoms in total. The quantitative estimate of drug-likeness (QED) is 0.653. The maximum Gasteiger partial charge on any atom is 0.258 e. The number of hydrogen-bond donors (Lipinski definition) is 0. The van der Waals surface area contributed by atoms with Crippen molar-refractivity contribution in [3.8, 4) is 5.75 Å². The van der Waals surface area contributed by atoms with Gasteiger partial charge in [-0.05, 0) is 60.0 Å². The van der Waals surface area contributed by atoms with Crippen LogP contribution in [0.15, 0.2) is 59.5 Å². The van der Waals surface area contributed by atoms with Crippen molar-refractivity contribution >= 4 is 10.8 Å². The number of benzene rings is 2. The molecule has 136 valence electrons. The molecule has 1 heterocycles. The second kappa shape index (κ2) is 6.99. The molecule has 0 atom stereocenters. The van der Waals surface area contributed by atoms with Crippen LogP contribution in [0.2, 0.25) is 0 Å². The van der Waals surface area contributed by atoms with Crippen LogP contribution in [0.5, 0.6) is 5.75 Å². The molecule has 0 aliphatic heterocycles. The molecule has 0 aliphatic rings. The zero-order chi connectivity index (χ0) is 18.9. The predicted molar refractivity (Wildman–Crippen MR) is 108 cm³/mol. The smallest absolute Gasteiger partial charge is 0.258 e. The van der Waals surface area contributed by atoms with E-state index in [1.807, 2.05) is 44.3 Å². The molecule has 0 aliphatic carbocycles. The van der Waals surface area contributed by atoms with E-state index in [0.717, 1.165) is 22.1 Å². The van der Waals surface area contributed by atoms with Crippen molar-refractivity contribution in [1.29, 1.82) is 0 Å². The number of rotatable bonds is 4. The number of pyridine rings is 1. The molecular formula is C23H27NO2. The Balaban J connectivity index is 1.89. The van der Waals surface area contributed by atoms with Gasteiger partial charge in [0.2, 0.25) is 0 Å². The maximum absolute atomic E-state index is 12.8. The van der Waals surface area contributed by atoms with Crippen LogP contribution < -0.4 is 10.3 Å². The second-order valence-corrected chi connectivity index (χ2v) is 8.11.